The molecule has 0 aliphatic carbocycles. The molecule has 1 amide bonds. The van der Waals surface area contributed by atoms with E-state index in [0.29, 0.717) is 5.92 Å². The third-order valence-corrected chi connectivity index (χ3v) is 4.85. The lowest BCUT2D eigenvalue weighted by molar-refractivity contribution is -0.125. The van der Waals surface area contributed by atoms with Gasteiger partial charge in [-0.25, -0.2) is 0 Å². The average Bonchev–Trinajstić information content (AvgIpc) is 2.95. The smallest absolute Gasteiger partial charge is 0.237 e. The van der Waals surface area contributed by atoms with Crippen molar-refractivity contribution in [3.63, 3.8) is 0 Å². The summed E-state index contributed by atoms with van der Waals surface area (Å²) in [6.45, 7) is 11.2. The van der Waals surface area contributed by atoms with Gasteiger partial charge in [0.1, 0.15) is 0 Å². The molecule has 2 rings (SSSR count). The first kappa shape index (κ1) is 18.0. The number of benzene rings is 1. The van der Waals surface area contributed by atoms with E-state index in [-0.39, 0.29) is 17.4 Å². The van der Waals surface area contributed by atoms with Gasteiger partial charge in [0.15, 0.2) is 0 Å². The van der Waals surface area contributed by atoms with E-state index >= 15 is 0 Å². The summed E-state index contributed by atoms with van der Waals surface area (Å²) in [5.41, 5.74) is 7.19. The Kier molecular flexibility index (Phi) is 5.82. The number of hydrogen-bond donors (Lipinski definition) is 2. The first-order valence-corrected chi connectivity index (χ1v) is 8.59. The second kappa shape index (κ2) is 7.45. The molecule has 0 radical (unpaired) electrons. The van der Waals surface area contributed by atoms with Crippen LogP contribution in [0.5, 0.6) is 0 Å². The third-order valence-electron chi connectivity index (χ3n) is 4.85. The van der Waals surface area contributed by atoms with E-state index in [1.54, 1.807) is 0 Å². The van der Waals surface area contributed by atoms with Crippen molar-refractivity contribution < 1.29 is 4.79 Å². The van der Waals surface area contributed by atoms with Gasteiger partial charge in [0, 0.05) is 19.1 Å². The second-order valence-corrected chi connectivity index (χ2v) is 7.91. The van der Waals surface area contributed by atoms with Crippen LogP contribution in [-0.4, -0.2) is 36.0 Å². The van der Waals surface area contributed by atoms with E-state index in [4.69, 9.17) is 5.73 Å². The van der Waals surface area contributed by atoms with E-state index in [1.807, 2.05) is 26.8 Å². The Morgan fingerprint density at radius 3 is 2.61 bits per heavy atom. The lowest BCUT2D eigenvalue weighted by Gasteiger charge is -2.29. The van der Waals surface area contributed by atoms with E-state index in [1.165, 1.54) is 5.56 Å². The quantitative estimate of drug-likeness (QED) is 0.876. The van der Waals surface area contributed by atoms with Crippen LogP contribution in [0.3, 0.4) is 0 Å². The number of nitrogens with one attached hydrogen (secondary N) is 1. The van der Waals surface area contributed by atoms with Crippen LogP contribution in [0.15, 0.2) is 30.3 Å². The number of carbonyl (C=O) groups is 1. The molecule has 23 heavy (non-hydrogen) atoms. The van der Waals surface area contributed by atoms with E-state index < -0.39 is 6.04 Å². The Morgan fingerprint density at radius 2 is 2.00 bits per heavy atom. The van der Waals surface area contributed by atoms with Gasteiger partial charge in [-0.15, -0.1) is 0 Å². The molecule has 0 saturated carbocycles. The van der Waals surface area contributed by atoms with Crippen molar-refractivity contribution in [2.24, 2.45) is 17.1 Å². The maximum atomic E-state index is 12.3. The van der Waals surface area contributed by atoms with Crippen molar-refractivity contribution in [1.82, 2.24) is 10.2 Å². The van der Waals surface area contributed by atoms with Gasteiger partial charge in [-0.05, 0) is 36.8 Å². The molecule has 1 aliphatic heterocycles. The minimum atomic E-state index is -0.466. The Morgan fingerprint density at radius 1 is 1.35 bits per heavy atom. The minimum absolute atomic E-state index is 0.0356. The lowest BCUT2D eigenvalue weighted by atomic mass is 9.86. The molecular weight excluding hydrogens is 286 g/mol. The third kappa shape index (κ3) is 5.05. The summed E-state index contributed by atoms with van der Waals surface area (Å²) in [6, 6.07) is 10.2. The summed E-state index contributed by atoms with van der Waals surface area (Å²) in [4.78, 5) is 14.7. The Bertz CT molecular complexity index is 509. The van der Waals surface area contributed by atoms with Gasteiger partial charge in [0.05, 0.1) is 6.04 Å². The second-order valence-electron chi connectivity index (χ2n) is 7.91. The van der Waals surface area contributed by atoms with Crippen molar-refractivity contribution in [3.8, 4) is 0 Å². The normalized spacial score (nSPS) is 21.9. The first-order chi connectivity index (χ1) is 10.8. The number of amides is 1. The molecule has 3 atom stereocenters. The predicted octanol–water partition coefficient (Wildman–Crippen LogP) is 2.39. The van der Waals surface area contributed by atoms with Crippen molar-refractivity contribution in [2.45, 2.75) is 52.7 Å². The predicted molar refractivity (Wildman–Crippen MR) is 94.9 cm³/mol. The molecule has 128 valence electrons. The number of hydrogen-bond acceptors (Lipinski definition) is 3. The first-order valence-electron chi connectivity index (χ1n) is 8.59. The SMILES string of the molecule is CC(NC(=O)[C@@H](N)C(C)(C)C)C1CCN(Cc2ccccc2)C1. The fourth-order valence-electron chi connectivity index (χ4n) is 3.08. The van der Waals surface area contributed by atoms with Crippen molar-refractivity contribution in [2.75, 3.05) is 13.1 Å². The van der Waals surface area contributed by atoms with E-state index in [0.717, 1.165) is 26.1 Å². The lowest BCUT2D eigenvalue weighted by Crippen LogP contribution is -2.52. The summed E-state index contributed by atoms with van der Waals surface area (Å²) >= 11 is 0. The van der Waals surface area contributed by atoms with Gasteiger partial charge in [-0.2, -0.15) is 0 Å². The Balaban J connectivity index is 1.83. The zero-order chi connectivity index (χ0) is 17.0. The molecule has 0 bridgehead atoms. The minimum Gasteiger partial charge on any atom is -0.352 e. The maximum absolute atomic E-state index is 12.3. The van der Waals surface area contributed by atoms with Crippen LogP contribution < -0.4 is 11.1 Å². The molecule has 1 aliphatic rings. The van der Waals surface area contributed by atoms with Crippen molar-refractivity contribution in [3.05, 3.63) is 35.9 Å². The summed E-state index contributed by atoms with van der Waals surface area (Å²) in [7, 11) is 0. The summed E-state index contributed by atoms with van der Waals surface area (Å²) in [6.07, 6.45) is 1.12. The van der Waals surface area contributed by atoms with Gasteiger partial charge in [-0.1, -0.05) is 51.1 Å². The molecule has 1 saturated heterocycles. The number of nitrogens with zero attached hydrogens (tertiary/aromatic N) is 1. The zero-order valence-corrected chi connectivity index (χ0v) is 14.9. The van der Waals surface area contributed by atoms with Gasteiger partial charge >= 0.3 is 0 Å². The Labute approximate surface area is 140 Å². The fourth-order valence-corrected chi connectivity index (χ4v) is 3.08. The molecule has 3 N–H and O–H groups in total. The molecule has 0 spiro atoms. The van der Waals surface area contributed by atoms with Crippen LogP contribution >= 0.6 is 0 Å². The van der Waals surface area contributed by atoms with Gasteiger partial charge < -0.3 is 11.1 Å². The molecule has 4 heteroatoms. The van der Waals surface area contributed by atoms with Gasteiger partial charge in [-0.3, -0.25) is 9.69 Å². The van der Waals surface area contributed by atoms with Crippen LogP contribution in [0.1, 0.15) is 39.7 Å². The number of nitrogens with two attached hydrogens (primary N) is 1. The average molecular weight is 317 g/mol. The van der Waals surface area contributed by atoms with Crippen LogP contribution in [0.4, 0.5) is 0 Å². The molecule has 1 aromatic rings. The number of likely N-dealkylation sites (tertiary alicyclic amines) is 1. The summed E-state index contributed by atoms with van der Waals surface area (Å²) in [5, 5.41) is 3.12. The highest BCUT2D eigenvalue weighted by Crippen LogP contribution is 2.23. The molecule has 1 fully saturated rings. The molecular formula is C19H31N3O. The molecule has 1 aromatic carbocycles. The van der Waals surface area contributed by atoms with Crippen LogP contribution in [0.2, 0.25) is 0 Å². The molecule has 1 heterocycles. The highest BCUT2D eigenvalue weighted by atomic mass is 16.2. The topological polar surface area (TPSA) is 58.4 Å². The highest BCUT2D eigenvalue weighted by molar-refractivity contribution is 5.82. The van der Waals surface area contributed by atoms with Crippen LogP contribution in [-0.2, 0) is 11.3 Å². The highest BCUT2D eigenvalue weighted by Gasteiger charge is 2.32. The van der Waals surface area contributed by atoms with E-state index in [2.05, 4.69) is 41.4 Å². The molecule has 2 unspecified atom stereocenters. The number of rotatable bonds is 5. The van der Waals surface area contributed by atoms with Gasteiger partial charge in [0.2, 0.25) is 5.91 Å². The number of carbonyl (C=O) groups excluding carboxylic acids is 1. The maximum Gasteiger partial charge on any atom is 0.237 e. The van der Waals surface area contributed by atoms with Crippen LogP contribution in [0, 0.1) is 11.3 Å². The van der Waals surface area contributed by atoms with Crippen molar-refractivity contribution in [1.29, 1.82) is 0 Å². The van der Waals surface area contributed by atoms with Gasteiger partial charge in [0.25, 0.3) is 0 Å². The van der Waals surface area contributed by atoms with E-state index in [9.17, 15) is 4.79 Å². The standard InChI is InChI=1S/C19H31N3O/c1-14(21-18(23)17(20)19(2,3)4)16-10-11-22(13-16)12-15-8-6-5-7-9-15/h5-9,14,16-17H,10-13,20H2,1-4H3,(H,21,23)/t14?,16?,17-/m1/s1. The zero-order valence-electron chi connectivity index (χ0n) is 14.9. The van der Waals surface area contributed by atoms with Crippen LogP contribution in [0.25, 0.3) is 0 Å². The Hall–Kier alpha value is -1.39. The summed E-state index contributed by atoms with van der Waals surface area (Å²) in [5.74, 6) is 0.460. The van der Waals surface area contributed by atoms with Crippen molar-refractivity contribution >= 4 is 5.91 Å². The summed E-state index contributed by atoms with van der Waals surface area (Å²) < 4.78 is 0. The largest absolute Gasteiger partial charge is 0.352 e. The molecule has 0 aromatic heterocycles. The monoisotopic (exact) mass is 317 g/mol. The molecule has 4 nitrogen and oxygen atoms in total. The fraction of sp³-hybridized carbons (Fsp3) is 0.632.